The molecule has 1 aromatic rings. The van der Waals surface area contributed by atoms with Crippen molar-refractivity contribution in [3.8, 4) is 0 Å². The lowest BCUT2D eigenvalue weighted by Gasteiger charge is -2.24. The molecule has 0 amide bonds. The van der Waals surface area contributed by atoms with Gasteiger partial charge in [-0.05, 0) is 34.6 Å². The van der Waals surface area contributed by atoms with Gasteiger partial charge >= 0.3 is 0 Å². The van der Waals surface area contributed by atoms with E-state index in [4.69, 9.17) is 4.52 Å². The van der Waals surface area contributed by atoms with Crippen LogP contribution in [0.4, 0.5) is 0 Å². The van der Waals surface area contributed by atoms with Crippen molar-refractivity contribution < 1.29 is 4.52 Å². The number of hydrogen-bond acceptors (Lipinski definition) is 3. The van der Waals surface area contributed by atoms with E-state index in [9.17, 15) is 0 Å². The van der Waals surface area contributed by atoms with E-state index in [0.717, 1.165) is 24.0 Å². The van der Waals surface area contributed by atoms with Crippen LogP contribution in [0, 0.1) is 13.8 Å². The highest BCUT2D eigenvalue weighted by Gasteiger charge is 2.17. The summed E-state index contributed by atoms with van der Waals surface area (Å²) in [5, 5.41) is 10.7. The summed E-state index contributed by atoms with van der Waals surface area (Å²) in [7, 11) is 1.78. The summed E-state index contributed by atoms with van der Waals surface area (Å²) in [5.74, 6) is 2.03. The van der Waals surface area contributed by atoms with Crippen LogP contribution in [-0.2, 0) is 0 Å². The van der Waals surface area contributed by atoms with Gasteiger partial charge in [-0.15, -0.1) is 24.0 Å². The molecule has 5 nitrogen and oxygen atoms in total. The lowest BCUT2D eigenvalue weighted by molar-refractivity contribution is 0.391. The van der Waals surface area contributed by atoms with E-state index < -0.39 is 0 Å². The number of aromatic nitrogens is 1. The molecule has 1 aromatic heterocycles. The SMILES string of the molecule is CN=C(NCC(C)c1c(C)noc1C)NC(C)(C)C.I. The molecule has 1 atom stereocenters. The maximum absolute atomic E-state index is 5.21. The number of aliphatic imine (C=N–C) groups is 1. The van der Waals surface area contributed by atoms with Crippen LogP contribution < -0.4 is 10.6 Å². The summed E-state index contributed by atoms with van der Waals surface area (Å²) in [6, 6.07) is 0. The Morgan fingerprint density at radius 3 is 2.35 bits per heavy atom. The van der Waals surface area contributed by atoms with Gasteiger partial charge in [-0.25, -0.2) is 0 Å². The normalized spacial score (nSPS) is 13.7. The van der Waals surface area contributed by atoms with Crippen LogP contribution in [0.5, 0.6) is 0 Å². The topological polar surface area (TPSA) is 62.5 Å². The maximum Gasteiger partial charge on any atom is 0.191 e. The molecule has 1 heterocycles. The third kappa shape index (κ3) is 5.68. The van der Waals surface area contributed by atoms with Gasteiger partial charge < -0.3 is 15.2 Å². The van der Waals surface area contributed by atoms with E-state index in [0.29, 0.717) is 5.92 Å². The van der Waals surface area contributed by atoms with E-state index in [2.05, 4.69) is 48.5 Å². The first-order chi connectivity index (χ1) is 8.74. The highest BCUT2D eigenvalue weighted by atomic mass is 127. The second kappa shape index (κ2) is 7.85. The molecule has 0 saturated heterocycles. The Kier molecular flexibility index (Phi) is 7.54. The third-order valence-electron chi connectivity index (χ3n) is 2.87. The fourth-order valence-corrected chi connectivity index (χ4v) is 2.08. The predicted molar refractivity (Wildman–Crippen MR) is 94.1 cm³/mol. The van der Waals surface area contributed by atoms with Gasteiger partial charge in [-0.1, -0.05) is 12.1 Å². The molecule has 116 valence electrons. The molecule has 2 N–H and O–H groups in total. The van der Waals surface area contributed by atoms with Gasteiger partial charge in [0.05, 0.1) is 5.69 Å². The number of hydrogen-bond donors (Lipinski definition) is 2. The van der Waals surface area contributed by atoms with Crippen LogP contribution in [0.2, 0.25) is 0 Å². The average molecular weight is 394 g/mol. The second-order valence-corrected chi connectivity index (χ2v) is 5.97. The van der Waals surface area contributed by atoms with Gasteiger partial charge in [-0.2, -0.15) is 0 Å². The van der Waals surface area contributed by atoms with Gasteiger partial charge in [0.2, 0.25) is 0 Å². The van der Waals surface area contributed by atoms with Crippen LogP contribution in [0.3, 0.4) is 0 Å². The number of guanidine groups is 1. The fourth-order valence-electron chi connectivity index (χ4n) is 2.08. The Labute approximate surface area is 139 Å². The number of nitrogens with one attached hydrogen (secondary N) is 2. The minimum absolute atomic E-state index is 0. The van der Waals surface area contributed by atoms with Crippen molar-refractivity contribution in [3.63, 3.8) is 0 Å². The Bertz CT molecular complexity index is 429. The Morgan fingerprint density at radius 1 is 1.35 bits per heavy atom. The first kappa shape index (κ1) is 19.2. The number of nitrogens with zero attached hydrogens (tertiary/aromatic N) is 2. The Balaban J connectivity index is 0.00000361. The Morgan fingerprint density at radius 2 is 1.95 bits per heavy atom. The van der Waals surface area contributed by atoms with Gasteiger partial charge in [0, 0.05) is 30.6 Å². The monoisotopic (exact) mass is 394 g/mol. The first-order valence-corrected chi connectivity index (χ1v) is 6.66. The molecule has 0 radical (unpaired) electrons. The smallest absolute Gasteiger partial charge is 0.191 e. The maximum atomic E-state index is 5.21. The molecular weight excluding hydrogens is 367 g/mol. The molecular formula is C14H27IN4O. The van der Waals surface area contributed by atoms with Crippen molar-refractivity contribution in [1.29, 1.82) is 0 Å². The van der Waals surface area contributed by atoms with E-state index in [1.807, 2.05) is 13.8 Å². The fraction of sp³-hybridized carbons (Fsp3) is 0.714. The largest absolute Gasteiger partial charge is 0.361 e. The summed E-state index contributed by atoms with van der Waals surface area (Å²) < 4.78 is 5.21. The van der Waals surface area contributed by atoms with Crippen molar-refractivity contribution >= 4 is 29.9 Å². The highest BCUT2D eigenvalue weighted by molar-refractivity contribution is 14.0. The van der Waals surface area contributed by atoms with Crippen molar-refractivity contribution in [2.75, 3.05) is 13.6 Å². The molecule has 20 heavy (non-hydrogen) atoms. The number of rotatable bonds is 3. The summed E-state index contributed by atoms with van der Waals surface area (Å²) in [6.45, 7) is 13.2. The second-order valence-electron chi connectivity index (χ2n) is 5.97. The predicted octanol–water partition coefficient (Wildman–Crippen LogP) is 2.98. The summed E-state index contributed by atoms with van der Waals surface area (Å²) >= 11 is 0. The van der Waals surface area contributed by atoms with Gasteiger partial charge in [0.15, 0.2) is 5.96 Å². The van der Waals surface area contributed by atoms with Crippen LogP contribution in [0.15, 0.2) is 9.52 Å². The van der Waals surface area contributed by atoms with Crippen LogP contribution >= 0.6 is 24.0 Å². The zero-order valence-corrected chi connectivity index (χ0v) is 15.8. The number of halogens is 1. The number of aryl methyl sites for hydroxylation is 2. The molecule has 0 saturated carbocycles. The minimum atomic E-state index is -0.00584. The van der Waals surface area contributed by atoms with Crippen molar-refractivity contribution in [2.24, 2.45) is 4.99 Å². The van der Waals surface area contributed by atoms with Crippen LogP contribution in [-0.4, -0.2) is 30.2 Å². The summed E-state index contributed by atoms with van der Waals surface area (Å²) in [5.41, 5.74) is 2.14. The molecule has 0 spiro atoms. The van der Waals surface area contributed by atoms with Crippen molar-refractivity contribution in [1.82, 2.24) is 15.8 Å². The minimum Gasteiger partial charge on any atom is -0.361 e. The molecule has 1 rings (SSSR count). The van der Waals surface area contributed by atoms with E-state index in [1.165, 1.54) is 5.56 Å². The van der Waals surface area contributed by atoms with Gasteiger partial charge in [-0.3, -0.25) is 4.99 Å². The van der Waals surface area contributed by atoms with E-state index in [-0.39, 0.29) is 29.5 Å². The summed E-state index contributed by atoms with van der Waals surface area (Å²) in [6.07, 6.45) is 0. The molecule has 0 fully saturated rings. The van der Waals surface area contributed by atoms with Crippen LogP contribution in [0.1, 0.15) is 50.6 Å². The van der Waals surface area contributed by atoms with Gasteiger partial charge in [0.1, 0.15) is 5.76 Å². The quantitative estimate of drug-likeness (QED) is 0.470. The zero-order chi connectivity index (χ0) is 14.6. The lowest BCUT2D eigenvalue weighted by Crippen LogP contribution is -2.48. The van der Waals surface area contributed by atoms with E-state index >= 15 is 0 Å². The molecule has 0 aliphatic rings. The van der Waals surface area contributed by atoms with Crippen molar-refractivity contribution in [3.05, 3.63) is 17.0 Å². The standard InChI is InChI=1S/C14H26N4O.HI/c1-9(12-10(2)18-19-11(12)3)8-16-13(15-7)17-14(4,5)6;/h9H,8H2,1-7H3,(H2,15,16,17);1H. The zero-order valence-electron chi connectivity index (χ0n) is 13.5. The lowest BCUT2D eigenvalue weighted by atomic mass is 10.00. The highest BCUT2D eigenvalue weighted by Crippen LogP contribution is 2.22. The van der Waals surface area contributed by atoms with Crippen LogP contribution in [0.25, 0.3) is 0 Å². The van der Waals surface area contributed by atoms with E-state index in [1.54, 1.807) is 7.05 Å². The first-order valence-electron chi connectivity index (χ1n) is 6.66. The average Bonchev–Trinajstić information content (AvgIpc) is 2.62. The Hall–Kier alpha value is -0.790. The molecule has 1 unspecified atom stereocenters. The molecule has 0 aliphatic heterocycles. The summed E-state index contributed by atoms with van der Waals surface area (Å²) in [4.78, 5) is 4.23. The molecule has 0 bridgehead atoms. The molecule has 0 aromatic carbocycles. The van der Waals surface area contributed by atoms with Gasteiger partial charge in [0.25, 0.3) is 0 Å². The third-order valence-corrected chi connectivity index (χ3v) is 2.87. The molecule has 0 aliphatic carbocycles. The molecule has 6 heteroatoms. The van der Waals surface area contributed by atoms with Crippen molar-refractivity contribution in [2.45, 2.75) is 53.0 Å².